The van der Waals surface area contributed by atoms with Crippen molar-refractivity contribution in [3.63, 3.8) is 0 Å². The van der Waals surface area contributed by atoms with E-state index in [1.807, 2.05) is 30.3 Å². The highest BCUT2D eigenvalue weighted by molar-refractivity contribution is 9.10. The topological polar surface area (TPSA) is 84.5 Å². The van der Waals surface area contributed by atoms with Gasteiger partial charge in [-0.05, 0) is 40.4 Å². The van der Waals surface area contributed by atoms with Crippen molar-refractivity contribution < 1.29 is 17.9 Å². The highest BCUT2D eigenvalue weighted by atomic mass is 79.9. The van der Waals surface area contributed by atoms with Crippen LogP contribution in [0.2, 0.25) is 0 Å². The van der Waals surface area contributed by atoms with Crippen molar-refractivity contribution in [2.45, 2.75) is 17.7 Å². The Morgan fingerprint density at radius 1 is 1.20 bits per heavy atom. The molecule has 1 heterocycles. The van der Waals surface area contributed by atoms with Crippen molar-refractivity contribution in [2.24, 2.45) is 0 Å². The quantitative estimate of drug-likeness (QED) is 0.698. The van der Waals surface area contributed by atoms with E-state index >= 15 is 0 Å². The molecule has 1 aliphatic rings. The first-order valence-corrected chi connectivity index (χ1v) is 10.0. The number of anilines is 1. The minimum Gasteiger partial charge on any atom is -0.482 e. The van der Waals surface area contributed by atoms with Gasteiger partial charge >= 0.3 is 0 Å². The fourth-order valence-electron chi connectivity index (χ4n) is 2.51. The third kappa shape index (κ3) is 4.39. The zero-order chi connectivity index (χ0) is 17.9. The molecular formula is C17H17BrN2O4S. The molecule has 25 heavy (non-hydrogen) atoms. The van der Waals surface area contributed by atoms with Gasteiger partial charge in [0.1, 0.15) is 5.75 Å². The summed E-state index contributed by atoms with van der Waals surface area (Å²) in [6, 6.07) is 12.8. The predicted octanol–water partition coefficient (Wildman–Crippen LogP) is 2.69. The summed E-state index contributed by atoms with van der Waals surface area (Å²) < 4.78 is 33.3. The zero-order valence-corrected chi connectivity index (χ0v) is 15.7. The maximum absolute atomic E-state index is 12.5. The summed E-state index contributed by atoms with van der Waals surface area (Å²) in [4.78, 5) is 11.4. The minimum absolute atomic E-state index is 0.0853. The van der Waals surface area contributed by atoms with Crippen molar-refractivity contribution in [1.82, 2.24) is 4.72 Å². The molecule has 0 saturated carbocycles. The monoisotopic (exact) mass is 424 g/mol. The number of sulfonamides is 1. The molecule has 0 fully saturated rings. The highest BCUT2D eigenvalue weighted by Crippen LogP contribution is 2.35. The fourth-order valence-corrected chi connectivity index (χ4v) is 4.64. The van der Waals surface area contributed by atoms with Crippen LogP contribution in [0.4, 0.5) is 5.69 Å². The summed E-state index contributed by atoms with van der Waals surface area (Å²) >= 11 is 3.25. The standard InChI is InChI=1S/C17H17BrN2O4S/c18-13-9-14-15(24-11-17(21)20-14)10-16(13)25(22,23)19-8-4-7-12-5-2-1-3-6-12/h1-3,5-6,9-10,19H,4,7-8,11H2,(H,20,21). The lowest BCUT2D eigenvalue weighted by Gasteiger charge is -2.19. The molecule has 6 nitrogen and oxygen atoms in total. The first-order valence-electron chi connectivity index (χ1n) is 7.75. The Bertz CT molecular complexity index is 885. The Balaban J connectivity index is 1.67. The van der Waals surface area contributed by atoms with Gasteiger partial charge in [-0.15, -0.1) is 0 Å². The van der Waals surface area contributed by atoms with Crippen LogP contribution >= 0.6 is 15.9 Å². The third-order valence-electron chi connectivity index (χ3n) is 3.73. The van der Waals surface area contributed by atoms with Crippen molar-refractivity contribution in [1.29, 1.82) is 0 Å². The van der Waals surface area contributed by atoms with Crippen molar-refractivity contribution in [3.05, 3.63) is 52.5 Å². The SMILES string of the molecule is O=C1COc2cc(S(=O)(=O)NCCCc3ccccc3)c(Br)cc2N1. The second-order valence-electron chi connectivity index (χ2n) is 5.60. The molecule has 1 amide bonds. The molecule has 0 bridgehead atoms. The number of nitrogens with one attached hydrogen (secondary N) is 2. The normalized spacial score (nSPS) is 13.7. The van der Waals surface area contributed by atoms with E-state index in [1.165, 1.54) is 17.7 Å². The molecule has 0 saturated heterocycles. The fraction of sp³-hybridized carbons (Fsp3) is 0.235. The van der Waals surface area contributed by atoms with Gasteiger partial charge in [-0.25, -0.2) is 13.1 Å². The summed E-state index contributed by atoms with van der Waals surface area (Å²) in [5.74, 6) is 0.0708. The summed E-state index contributed by atoms with van der Waals surface area (Å²) in [5, 5.41) is 2.64. The molecule has 8 heteroatoms. The second-order valence-corrected chi connectivity index (χ2v) is 8.19. The molecule has 0 atom stereocenters. The number of halogens is 1. The lowest BCUT2D eigenvalue weighted by atomic mass is 10.1. The molecule has 2 N–H and O–H groups in total. The zero-order valence-electron chi connectivity index (χ0n) is 13.3. The Morgan fingerprint density at radius 3 is 2.72 bits per heavy atom. The molecule has 2 aromatic rings. The molecule has 0 aromatic heterocycles. The van der Waals surface area contributed by atoms with Crippen molar-refractivity contribution >= 4 is 37.5 Å². The van der Waals surface area contributed by atoms with Crippen LogP contribution in [0.15, 0.2) is 51.8 Å². The van der Waals surface area contributed by atoms with Crippen LogP contribution < -0.4 is 14.8 Å². The van der Waals surface area contributed by atoms with Crippen LogP contribution in [0.3, 0.4) is 0 Å². The van der Waals surface area contributed by atoms with Gasteiger partial charge in [-0.2, -0.15) is 0 Å². The number of benzene rings is 2. The third-order valence-corrected chi connectivity index (χ3v) is 6.15. The second kappa shape index (κ2) is 7.55. The summed E-state index contributed by atoms with van der Waals surface area (Å²) in [7, 11) is -3.68. The summed E-state index contributed by atoms with van der Waals surface area (Å²) in [6.45, 7) is 0.205. The van der Waals surface area contributed by atoms with Crippen LogP contribution in [-0.2, 0) is 21.2 Å². The molecule has 1 aliphatic heterocycles. The number of carbonyl (C=O) groups is 1. The van der Waals surface area contributed by atoms with Gasteiger partial charge in [0.05, 0.1) is 10.6 Å². The molecule has 0 radical (unpaired) electrons. The van der Waals surface area contributed by atoms with Crippen LogP contribution in [0.25, 0.3) is 0 Å². The van der Waals surface area contributed by atoms with E-state index in [9.17, 15) is 13.2 Å². The maximum Gasteiger partial charge on any atom is 0.262 e. The largest absolute Gasteiger partial charge is 0.482 e. The van der Waals surface area contributed by atoms with Crippen LogP contribution in [0.5, 0.6) is 5.75 Å². The van der Waals surface area contributed by atoms with Gasteiger partial charge in [0.2, 0.25) is 10.0 Å². The molecular weight excluding hydrogens is 408 g/mol. The lowest BCUT2D eigenvalue weighted by Crippen LogP contribution is -2.28. The number of aryl methyl sites for hydroxylation is 1. The maximum atomic E-state index is 12.5. The molecule has 0 spiro atoms. The van der Waals surface area contributed by atoms with E-state index in [4.69, 9.17) is 4.74 Å². The van der Waals surface area contributed by atoms with Gasteiger partial charge < -0.3 is 10.1 Å². The Labute approximate surface area is 154 Å². The lowest BCUT2D eigenvalue weighted by molar-refractivity contribution is -0.118. The molecule has 132 valence electrons. The van der Waals surface area contributed by atoms with E-state index in [0.29, 0.717) is 28.9 Å². The van der Waals surface area contributed by atoms with E-state index < -0.39 is 10.0 Å². The van der Waals surface area contributed by atoms with Gasteiger partial charge in [0, 0.05) is 17.1 Å². The molecule has 0 unspecified atom stereocenters. The van der Waals surface area contributed by atoms with Crippen LogP contribution in [0, 0.1) is 0 Å². The average molecular weight is 425 g/mol. The van der Waals surface area contributed by atoms with Crippen molar-refractivity contribution in [2.75, 3.05) is 18.5 Å². The number of hydrogen-bond donors (Lipinski definition) is 2. The van der Waals surface area contributed by atoms with Crippen molar-refractivity contribution in [3.8, 4) is 5.75 Å². The van der Waals surface area contributed by atoms with Gasteiger partial charge in [0.25, 0.3) is 5.91 Å². The molecule has 3 rings (SSSR count). The first-order chi connectivity index (χ1) is 12.0. The Morgan fingerprint density at radius 2 is 1.96 bits per heavy atom. The number of amides is 1. The van der Waals surface area contributed by atoms with E-state index in [-0.39, 0.29) is 17.4 Å². The average Bonchev–Trinajstić information content (AvgIpc) is 2.59. The molecule has 0 aliphatic carbocycles. The highest BCUT2D eigenvalue weighted by Gasteiger charge is 2.23. The van der Waals surface area contributed by atoms with Gasteiger partial charge in [0.15, 0.2) is 6.61 Å². The number of ether oxygens (including phenoxy) is 1. The van der Waals surface area contributed by atoms with E-state index in [0.717, 1.165) is 6.42 Å². The first kappa shape index (κ1) is 17.9. The minimum atomic E-state index is -3.68. The Kier molecular flexibility index (Phi) is 5.41. The van der Waals surface area contributed by atoms with Crippen LogP contribution in [0.1, 0.15) is 12.0 Å². The molecule has 2 aromatic carbocycles. The summed E-state index contributed by atoms with van der Waals surface area (Å²) in [5.41, 5.74) is 1.62. The number of rotatable bonds is 6. The predicted molar refractivity (Wildman–Crippen MR) is 98.2 cm³/mol. The van der Waals surface area contributed by atoms with E-state index in [2.05, 4.69) is 26.0 Å². The summed E-state index contributed by atoms with van der Waals surface area (Å²) in [6.07, 6.45) is 1.49. The Hall–Kier alpha value is -1.90. The number of fused-ring (bicyclic) bond motifs is 1. The van der Waals surface area contributed by atoms with Gasteiger partial charge in [-0.1, -0.05) is 30.3 Å². The van der Waals surface area contributed by atoms with E-state index in [1.54, 1.807) is 0 Å². The van der Waals surface area contributed by atoms with Gasteiger partial charge in [-0.3, -0.25) is 4.79 Å². The smallest absolute Gasteiger partial charge is 0.262 e. The number of hydrogen-bond acceptors (Lipinski definition) is 4. The van der Waals surface area contributed by atoms with Crippen LogP contribution in [-0.4, -0.2) is 27.5 Å². The number of carbonyl (C=O) groups excluding carboxylic acids is 1.